The summed E-state index contributed by atoms with van der Waals surface area (Å²) in [4.78, 5) is 11.5. The van der Waals surface area contributed by atoms with Crippen molar-refractivity contribution in [2.45, 2.75) is 19.4 Å². The maximum Gasteiger partial charge on any atom is 0.309 e. The predicted octanol–water partition coefficient (Wildman–Crippen LogP) is 1.08. The molecule has 14 heavy (non-hydrogen) atoms. The topological polar surface area (TPSA) is 35.5 Å². The maximum absolute atomic E-state index is 11.5. The lowest BCUT2D eigenvalue weighted by Crippen LogP contribution is -2.38. The highest BCUT2D eigenvalue weighted by Gasteiger charge is 2.62. The predicted molar refractivity (Wildman–Crippen MR) is 49.5 cm³/mol. The first-order valence-corrected chi connectivity index (χ1v) is 5.43. The Balaban J connectivity index is 1.92. The zero-order valence-corrected chi connectivity index (χ0v) is 8.60. The first-order chi connectivity index (χ1) is 6.74. The fraction of sp³-hybridized carbons (Fsp3) is 0.909. The molecular formula is C11H16O3. The Morgan fingerprint density at radius 3 is 2.86 bits per heavy atom. The van der Waals surface area contributed by atoms with Crippen molar-refractivity contribution < 1.29 is 14.3 Å². The molecule has 2 bridgehead atoms. The molecule has 0 spiro atoms. The van der Waals surface area contributed by atoms with Crippen LogP contribution in [0.5, 0.6) is 0 Å². The van der Waals surface area contributed by atoms with Crippen molar-refractivity contribution in [2.75, 3.05) is 13.7 Å². The number of fused-ring (bicyclic) bond motifs is 5. The third kappa shape index (κ3) is 0.842. The number of hydrogen-bond acceptors (Lipinski definition) is 3. The summed E-state index contributed by atoms with van der Waals surface area (Å²) in [6, 6.07) is 0. The Kier molecular flexibility index (Phi) is 1.69. The van der Waals surface area contributed by atoms with E-state index in [4.69, 9.17) is 9.47 Å². The van der Waals surface area contributed by atoms with Crippen molar-refractivity contribution in [3.05, 3.63) is 0 Å². The van der Waals surface area contributed by atoms with Gasteiger partial charge in [-0.15, -0.1) is 0 Å². The van der Waals surface area contributed by atoms with E-state index in [-0.39, 0.29) is 18.0 Å². The van der Waals surface area contributed by atoms with Gasteiger partial charge in [-0.3, -0.25) is 4.79 Å². The molecule has 0 aromatic heterocycles. The Bertz CT molecular complexity index is 276. The number of ether oxygens (including phenoxy) is 2. The first kappa shape index (κ1) is 8.72. The number of cyclic esters (lactones) is 1. The third-order valence-corrected chi connectivity index (χ3v) is 4.59. The second kappa shape index (κ2) is 2.72. The van der Waals surface area contributed by atoms with Crippen LogP contribution in [0.1, 0.15) is 13.3 Å². The summed E-state index contributed by atoms with van der Waals surface area (Å²) in [5, 5.41) is 0. The molecule has 1 heterocycles. The average Bonchev–Trinajstić information content (AvgIpc) is 2.77. The molecular weight excluding hydrogens is 180 g/mol. The van der Waals surface area contributed by atoms with Gasteiger partial charge in [0.05, 0.1) is 18.6 Å². The summed E-state index contributed by atoms with van der Waals surface area (Å²) in [5.74, 6) is 2.36. The molecule has 1 aliphatic heterocycles. The Morgan fingerprint density at radius 1 is 1.36 bits per heavy atom. The van der Waals surface area contributed by atoms with Gasteiger partial charge in [-0.2, -0.15) is 0 Å². The van der Waals surface area contributed by atoms with Gasteiger partial charge in [-0.05, 0) is 24.2 Å². The lowest BCUT2D eigenvalue weighted by atomic mass is 9.74. The molecule has 6 unspecified atom stereocenters. The normalized spacial score (nSPS) is 54.9. The van der Waals surface area contributed by atoms with Crippen molar-refractivity contribution >= 4 is 5.97 Å². The molecule has 78 valence electrons. The molecule has 6 atom stereocenters. The van der Waals surface area contributed by atoms with Crippen molar-refractivity contribution in [3.8, 4) is 0 Å². The fourth-order valence-electron chi connectivity index (χ4n) is 4.04. The molecule has 3 nitrogen and oxygen atoms in total. The van der Waals surface area contributed by atoms with E-state index in [9.17, 15) is 4.79 Å². The summed E-state index contributed by atoms with van der Waals surface area (Å²) < 4.78 is 10.7. The minimum atomic E-state index is 0.0245. The number of hydrogen-bond donors (Lipinski definition) is 0. The number of rotatable bonds is 1. The van der Waals surface area contributed by atoms with E-state index in [1.54, 1.807) is 7.11 Å². The molecule has 0 amide bonds. The van der Waals surface area contributed by atoms with Crippen molar-refractivity contribution in [1.29, 1.82) is 0 Å². The molecule has 0 radical (unpaired) electrons. The van der Waals surface area contributed by atoms with Crippen LogP contribution < -0.4 is 0 Å². The van der Waals surface area contributed by atoms with Gasteiger partial charge in [-0.1, -0.05) is 6.92 Å². The maximum atomic E-state index is 11.5. The quantitative estimate of drug-likeness (QED) is 0.589. The highest BCUT2D eigenvalue weighted by molar-refractivity contribution is 5.76. The summed E-state index contributed by atoms with van der Waals surface area (Å²) in [6.45, 7) is 2.91. The minimum absolute atomic E-state index is 0.0245. The van der Waals surface area contributed by atoms with E-state index < -0.39 is 0 Å². The van der Waals surface area contributed by atoms with Crippen LogP contribution in [0.15, 0.2) is 0 Å². The van der Waals surface area contributed by atoms with Crippen LogP contribution in [0.4, 0.5) is 0 Å². The summed E-state index contributed by atoms with van der Waals surface area (Å²) in [6.07, 6.45) is 1.45. The van der Waals surface area contributed by atoms with Crippen LogP contribution >= 0.6 is 0 Å². The van der Waals surface area contributed by atoms with Gasteiger partial charge in [0, 0.05) is 13.0 Å². The molecule has 1 saturated heterocycles. The highest BCUT2D eigenvalue weighted by atomic mass is 16.5. The molecule has 0 N–H and O–H groups in total. The van der Waals surface area contributed by atoms with Gasteiger partial charge in [0.25, 0.3) is 0 Å². The van der Waals surface area contributed by atoms with Crippen molar-refractivity contribution in [1.82, 2.24) is 0 Å². The van der Waals surface area contributed by atoms with Crippen LogP contribution in [-0.2, 0) is 14.3 Å². The zero-order valence-electron chi connectivity index (χ0n) is 8.60. The van der Waals surface area contributed by atoms with Crippen LogP contribution in [0.3, 0.4) is 0 Å². The van der Waals surface area contributed by atoms with Crippen LogP contribution in [0.25, 0.3) is 0 Å². The van der Waals surface area contributed by atoms with E-state index in [1.807, 2.05) is 0 Å². The van der Waals surface area contributed by atoms with Crippen molar-refractivity contribution in [2.24, 2.45) is 29.6 Å². The van der Waals surface area contributed by atoms with E-state index >= 15 is 0 Å². The summed E-state index contributed by atoms with van der Waals surface area (Å²) in [7, 11) is 1.76. The molecule has 3 aliphatic rings. The third-order valence-electron chi connectivity index (χ3n) is 4.59. The SMILES string of the molecule is COC1C(C)C2CC1C1C(=O)OCC21. The molecule has 2 saturated carbocycles. The van der Waals surface area contributed by atoms with E-state index in [0.29, 0.717) is 30.3 Å². The van der Waals surface area contributed by atoms with Crippen LogP contribution in [0.2, 0.25) is 0 Å². The lowest BCUT2D eigenvalue weighted by molar-refractivity contribution is -0.144. The zero-order chi connectivity index (χ0) is 9.87. The van der Waals surface area contributed by atoms with E-state index in [1.165, 1.54) is 6.42 Å². The van der Waals surface area contributed by atoms with E-state index in [0.717, 1.165) is 0 Å². The molecule has 0 aromatic carbocycles. The number of methoxy groups -OCH3 is 1. The van der Waals surface area contributed by atoms with Crippen LogP contribution in [0, 0.1) is 29.6 Å². The second-order valence-corrected chi connectivity index (χ2v) is 4.94. The molecule has 3 fully saturated rings. The number of esters is 1. The summed E-state index contributed by atoms with van der Waals surface area (Å²) >= 11 is 0. The highest BCUT2D eigenvalue weighted by Crippen LogP contribution is 2.58. The van der Waals surface area contributed by atoms with Gasteiger partial charge in [-0.25, -0.2) is 0 Å². The molecule has 2 aliphatic carbocycles. The van der Waals surface area contributed by atoms with Crippen LogP contribution in [-0.4, -0.2) is 25.8 Å². The monoisotopic (exact) mass is 196 g/mol. The second-order valence-electron chi connectivity index (χ2n) is 4.94. The van der Waals surface area contributed by atoms with Gasteiger partial charge < -0.3 is 9.47 Å². The van der Waals surface area contributed by atoms with E-state index in [2.05, 4.69) is 6.92 Å². The molecule has 3 rings (SSSR count). The van der Waals surface area contributed by atoms with Crippen molar-refractivity contribution in [3.63, 3.8) is 0 Å². The van der Waals surface area contributed by atoms with Gasteiger partial charge in [0.2, 0.25) is 0 Å². The minimum Gasteiger partial charge on any atom is -0.465 e. The smallest absolute Gasteiger partial charge is 0.309 e. The Morgan fingerprint density at radius 2 is 2.14 bits per heavy atom. The largest absolute Gasteiger partial charge is 0.465 e. The van der Waals surface area contributed by atoms with Gasteiger partial charge in [0.15, 0.2) is 0 Å². The fourth-order valence-corrected chi connectivity index (χ4v) is 4.04. The standard InChI is InChI=1S/C11H16O3/c1-5-6-3-7(10(5)13-2)9-8(6)4-14-11(9)12/h5-10H,3-4H2,1-2H3. The number of carbonyl (C=O) groups excluding carboxylic acids is 1. The molecule has 3 heteroatoms. The Hall–Kier alpha value is -0.570. The first-order valence-electron chi connectivity index (χ1n) is 5.43. The summed E-state index contributed by atoms with van der Waals surface area (Å²) in [5.41, 5.74) is 0. The Labute approximate surface area is 83.8 Å². The number of carbonyl (C=O) groups is 1. The van der Waals surface area contributed by atoms with Gasteiger partial charge >= 0.3 is 5.97 Å². The lowest BCUT2D eigenvalue weighted by Gasteiger charge is -2.32. The average molecular weight is 196 g/mol. The molecule has 0 aromatic rings. The van der Waals surface area contributed by atoms with Gasteiger partial charge in [0.1, 0.15) is 0 Å².